The van der Waals surface area contributed by atoms with Crippen LogP contribution in [-0.2, 0) is 9.53 Å². The zero-order valence-corrected chi connectivity index (χ0v) is 12.1. The van der Waals surface area contributed by atoms with Gasteiger partial charge in [-0.2, -0.15) is 0 Å². The van der Waals surface area contributed by atoms with E-state index >= 15 is 0 Å². The van der Waals surface area contributed by atoms with Crippen LogP contribution < -0.4 is 0 Å². The van der Waals surface area contributed by atoms with Crippen molar-refractivity contribution in [1.29, 1.82) is 0 Å². The predicted molar refractivity (Wildman–Crippen MR) is 71.5 cm³/mol. The third-order valence-corrected chi connectivity index (χ3v) is 3.81. The molecule has 0 heterocycles. The largest absolute Gasteiger partial charge is 0.389 e. The van der Waals surface area contributed by atoms with Gasteiger partial charge in [-0.3, -0.25) is 4.79 Å². The first-order valence-electron chi connectivity index (χ1n) is 6.76. The molecule has 1 aliphatic carbocycles. The van der Waals surface area contributed by atoms with Crippen LogP contribution in [0.5, 0.6) is 0 Å². The van der Waals surface area contributed by atoms with Crippen LogP contribution in [-0.4, -0.2) is 55.7 Å². The topological polar surface area (TPSA) is 49.8 Å². The van der Waals surface area contributed by atoms with Crippen molar-refractivity contribution in [1.82, 2.24) is 4.90 Å². The van der Waals surface area contributed by atoms with E-state index in [1.165, 1.54) is 0 Å². The van der Waals surface area contributed by atoms with Gasteiger partial charge >= 0.3 is 0 Å². The number of hydrogen-bond acceptors (Lipinski definition) is 4. The highest BCUT2D eigenvalue weighted by atomic mass is 16.5. The maximum absolute atomic E-state index is 12.3. The molecule has 0 aromatic heterocycles. The Morgan fingerprint density at radius 1 is 1.56 bits per heavy atom. The van der Waals surface area contributed by atoms with Gasteiger partial charge in [0.2, 0.25) is 0 Å². The summed E-state index contributed by atoms with van der Waals surface area (Å²) in [6.45, 7) is 5.72. The fraction of sp³-hybridized carbons (Fsp3) is 0.929. The minimum absolute atomic E-state index is 0.119. The van der Waals surface area contributed by atoms with E-state index < -0.39 is 6.10 Å². The summed E-state index contributed by atoms with van der Waals surface area (Å²) < 4.78 is 4.91. The Balaban J connectivity index is 2.44. The van der Waals surface area contributed by atoms with E-state index in [-0.39, 0.29) is 11.3 Å². The lowest BCUT2D eigenvalue weighted by Gasteiger charge is -2.35. The maximum Gasteiger partial charge on any atom is 0.142 e. The molecule has 4 nitrogen and oxygen atoms in total. The molecule has 0 amide bonds. The van der Waals surface area contributed by atoms with Crippen LogP contribution in [0.25, 0.3) is 0 Å². The van der Waals surface area contributed by atoms with E-state index in [2.05, 4.69) is 0 Å². The molecular weight excluding hydrogens is 230 g/mol. The minimum atomic E-state index is -0.480. The second-order valence-electron chi connectivity index (χ2n) is 6.17. The number of ether oxygens (including phenoxy) is 1. The van der Waals surface area contributed by atoms with Gasteiger partial charge in [-0.05, 0) is 19.9 Å². The second kappa shape index (κ2) is 6.64. The van der Waals surface area contributed by atoms with Crippen molar-refractivity contribution in [2.45, 2.75) is 39.2 Å². The number of methoxy groups -OCH3 is 1. The molecule has 1 aliphatic rings. The summed E-state index contributed by atoms with van der Waals surface area (Å²) in [6.07, 6.45) is 2.62. The lowest BCUT2D eigenvalue weighted by Crippen LogP contribution is -2.42. The van der Waals surface area contributed by atoms with Crippen molar-refractivity contribution in [3.63, 3.8) is 0 Å². The van der Waals surface area contributed by atoms with Crippen molar-refractivity contribution in [2.24, 2.45) is 11.3 Å². The third-order valence-electron chi connectivity index (χ3n) is 3.81. The molecule has 106 valence electrons. The van der Waals surface area contributed by atoms with Crippen LogP contribution >= 0.6 is 0 Å². The average molecular weight is 257 g/mol. The number of hydrogen-bond donors (Lipinski definition) is 1. The Kier molecular flexibility index (Phi) is 5.76. The number of likely N-dealkylation sites (N-methyl/N-ethyl adjacent to an activating group) is 1. The van der Waals surface area contributed by atoms with Crippen LogP contribution in [0.2, 0.25) is 0 Å². The van der Waals surface area contributed by atoms with Crippen molar-refractivity contribution >= 4 is 5.78 Å². The highest BCUT2D eigenvalue weighted by molar-refractivity contribution is 5.87. The number of ketones is 1. The minimum Gasteiger partial charge on any atom is -0.389 e. The highest BCUT2D eigenvalue weighted by Crippen LogP contribution is 2.35. The molecule has 2 atom stereocenters. The number of carbonyl (C=O) groups is 1. The van der Waals surface area contributed by atoms with Crippen LogP contribution in [0, 0.1) is 11.3 Å². The summed E-state index contributed by atoms with van der Waals surface area (Å²) >= 11 is 0. The number of carbonyl (C=O) groups excluding carboxylic acids is 1. The van der Waals surface area contributed by atoms with Crippen molar-refractivity contribution < 1.29 is 14.6 Å². The van der Waals surface area contributed by atoms with Crippen LogP contribution in [0.1, 0.15) is 33.1 Å². The SMILES string of the molecule is COCC(O)CN(C)CC1CCCC(C)(C)C1=O. The molecule has 0 bridgehead atoms. The Bertz CT molecular complexity index is 278. The highest BCUT2D eigenvalue weighted by Gasteiger charge is 2.37. The fourth-order valence-electron chi connectivity index (χ4n) is 2.83. The van der Waals surface area contributed by atoms with Crippen LogP contribution in [0.3, 0.4) is 0 Å². The molecule has 1 saturated carbocycles. The zero-order valence-electron chi connectivity index (χ0n) is 12.1. The Hall–Kier alpha value is -0.450. The molecule has 0 saturated heterocycles. The van der Waals surface area contributed by atoms with E-state index in [1.54, 1.807) is 7.11 Å². The summed E-state index contributed by atoms with van der Waals surface area (Å²) in [6, 6.07) is 0. The van der Waals surface area contributed by atoms with Gasteiger partial charge in [-0.25, -0.2) is 0 Å². The van der Waals surface area contributed by atoms with Gasteiger partial charge in [-0.15, -0.1) is 0 Å². The number of Topliss-reactive ketones (excluding diaryl/α,β-unsaturated/α-hetero) is 1. The summed E-state index contributed by atoms with van der Waals surface area (Å²) in [7, 11) is 3.53. The van der Waals surface area contributed by atoms with Crippen LogP contribution in [0.15, 0.2) is 0 Å². The van der Waals surface area contributed by atoms with Gasteiger partial charge in [-0.1, -0.05) is 20.3 Å². The molecule has 1 rings (SSSR count). The Labute approximate surface area is 110 Å². The molecule has 1 fully saturated rings. The lowest BCUT2D eigenvalue weighted by molar-refractivity contribution is -0.135. The van der Waals surface area contributed by atoms with Crippen molar-refractivity contribution in [3.05, 3.63) is 0 Å². The summed E-state index contributed by atoms with van der Waals surface area (Å²) in [5.41, 5.74) is -0.172. The lowest BCUT2D eigenvalue weighted by atomic mass is 9.71. The van der Waals surface area contributed by atoms with E-state index in [4.69, 9.17) is 4.74 Å². The third kappa shape index (κ3) is 4.34. The smallest absolute Gasteiger partial charge is 0.142 e. The van der Waals surface area contributed by atoms with E-state index in [1.807, 2.05) is 25.8 Å². The van der Waals surface area contributed by atoms with E-state index in [9.17, 15) is 9.90 Å². The normalized spacial score (nSPS) is 25.4. The Morgan fingerprint density at radius 3 is 2.83 bits per heavy atom. The molecule has 18 heavy (non-hydrogen) atoms. The van der Waals surface area contributed by atoms with E-state index in [0.29, 0.717) is 18.9 Å². The number of nitrogens with zero attached hydrogens (tertiary/aromatic N) is 1. The molecule has 4 heteroatoms. The quantitative estimate of drug-likeness (QED) is 0.779. The predicted octanol–water partition coefficient (Wildman–Crippen LogP) is 1.32. The average Bonchev–Trinajstić information content (AvgIpc) is 2.25. The van der Waals surface area contributed by atoms with Gasteiger partial charge in [0.1, 0.15) is 5.78 Å². The Morgan fingerprint density at radius 2 is 2.22 bits per heavy atom. The molecule has 1 N–H and O–H groups in total. The molecule has 0 aromatic rings. The second-order valence-corrected chi connectivity index (χ2v) is 6.17. The number of aliphatic hydroxyl groups is 1. The van der Waals surface area contributed by atoms with Gasteiger partial charge in [0.05, 0.1) is 12.7 Å². The van der Waals surface area contributed by atoms with Gasteiger partial charge in [0.15, 0.2) is 0 Å². The van der Waals surface area contributed by atoms with Crippen LogP contribution in [0.4, 0.5) is 0 Å². The molecule has 0 aliphatic heterocycles. The maximum atomic E-state index is 12.3. The molecule has 0 spiro atoms. The molecule has 0 aromatic carbocycles. The zero-order chi connectivity index (χ0) is 13.8. The molecule has 0 radical (unpaired) electrons. The number of rotatable bonds is 6. The number of aliphatic hydroxyl groups excluding tert-OH is 1. The monoisotopic (exact) mass is 257 g/mol. The van der Waals surface area contributed by atoms with Gasteiger partial charge < -0.3 is 14.7 Å². The van der Waals surface area contributed by atoms with Gasteiger partial charge in [0, 0.05) is 31.5 Å². The van der Waals surface area contributed by atoms with Gasteiger partial charge in [0.25, 0.3) is 0 Å². The molecule has 2 unspecified atom stereocenters. The van der Waals surface area contributed by atoms with Crippen molar-refractivity contribution in [3.8, 4) is 0 Å². The van der Waals surface area contributed by atoms with Crippen molar-refractivity contribution in [2.75, 3.05) is 33.9 Å². The standard InChI is InChI=1S/C14H27NO3/c1-14(2)7-5-6-11(13(14)17)8-15(3)9-12(16)10-18-4/h11-12,16H,5-10H2,1-4H3. The summed E-state index contributed by atoms with van der Waals surface area (Å²) in [4.78, 5) is 14.3. The first-order chi connectivity index (χ1) is 8.36. The fourth-order valence-corrected chi connectivity index (χ4v) is 2.83. The summed E-state index contributed by atoms with van der Waals surface area (Å²) in [5.74, 6) is 0.496. The van der Waals surface area contributed by atoms with E-state index in [0.717, 1.165) is 25.8 Å². The first-order valence-corrected chi connectivity index (χ1v) is 6.76. The molecular formula is C14H27NO3. The summed E-state index contributed by atoms with van der Waals surface area (Å²) in [5, 5.41) is 9.67. The first kappa shape index (κ1) is 15.6.